The van der Waals surface area contributed by atoms with Gasteiger partial charge in [-0.25, -0.2) is 0 Å². The first-order valence-electron chi connectivity index (χ1n) is 13.0. The van der Waals surface area contributed by atoms with Crippen LogP contribution in [0.25, 0.3) is 0 Å². The number of hydrogen-bond donors (Lipinski definition) is 2. The highest BCUT2D eigenvalue weighted by atomic mass is 19.4. The third-order valence-corrected chi connectivity index (χ3v) is 7.49. The molecule has 0 aromatic heterocycles. The summed E-state index contributed by atoms with van der Waals surface area (Å²) in [4.78, 5) is 4.15. The quantitative estimate of drug-likeness (QED) is 0.476. The number of nitrogens with zero attached hydrogens (tertiary/aromatic N) is 4. The predicted molar refractivity (Wildman–Crippen MR) is 140 cm³/mol. The Morgan fingerprint density at radius 3 is 2.08 bits per heavy atom. The standard InChI is InChI=1S/C23H36F3N3O.C4H6N2.H2O.H2/c1-4-21(20(23(24,25)26)9-10-22(2,3)17-27)29-13-11-28(12-14-29)15-18-7-5-6-8-19(18)16-30;5-3-4(6)1-2-4;;/h4,9,18-19,30H,5-8,10-16H2,1-3H3;1-2,6H2;1H2;1H/b20-9+,21-4+;;;/t18-,19?;;;/m0.../s1. The Bertz CT molecular complexity index is 867. The summed E-state index contributed by atoms with van der Waals surface area (Å²) in [6, 6.07) is 4.06. The molecule has 3 rings (SSSR count). The third-order valence-electron chi connectivity index (χ3n) is 7.49. The van der Waals surface area contributed by atoms with Crippen molar-refractivity contribution in [2.24, 2.45) is 23.0 Å². The number of halogens is 3. The molecule has 1 aliphatic heterocycles. The van der Waals surface area contributed by atoms with Gasteiger partial charge in [-0.05, 0) is 64.7 Å². The molecular formula is C27H46F3N5O2. The van der Waals surface area contributed by atoms with Crippen LogP contribution in [0.15, 0.2) is 23.4 Å². The van der Waals surface area contributed by atoms with Gasteiger partial charge in [-0.2, -0.15) is 23.7 Å². The third kappa shape index (κ3) is 10.3. The van der Waals surface area contributed by atoms with Crippen LogP contribution in [-0.4, -0.2) is 71.4 Å². The molecule has 0 radical (unpaired) electrons. The molecule has 0 spiro atoms. The van der Waals surface area contributed by atoms with Crippen molar-refractivity contribution in [2.75, 3.05) is 39.3 Å². The first-order chi connectivity index (χ1) is 16.9. The summed E-state index contributed by atoms with van der Waals surface area (Å²) in [5.74, 6) is 0.835. The first-order valence-corrected chi connectivity index (χ1v) is 13.0. The van der Waals surface area contributed by atoms with Crippen molar-refractivity contribution in [1.29, 1.82) is 10.5 Å². The Morgan fingerprint density at radius 2 is 1.68 bits per heavy atom. The topological polar surface area (TPSA) is 132 Å². The minimum Gasteiger partial charge on any atom is -0.412 e. The molecule has 0 aromatic carbocycles. The van der Waals surface area contributed by atoms with Crippen molar-refractivity contribution in [3.8, 4) is 12.1 Å². The molecule has 212 valence electrons. The second-order valence-corrected chi connectivity index (χ2v) is 11.0. The van der Waals surface area contributed by atoms with Gasteiger partial charge in [0.15, 0.2) is 0 Å². The highest BCUT2D eigenvalue weighted by Gasteiger charge is 2.39. The molecule has 5 N–H and O–H groups in total. The van der Waals surface area contributed by atoms with Gasteiger partial charge in [-0.1, -0.05) is 25.0 Å². The fourth-order valence-electron chi connectivity index (χ4n) is 4.79. The summed E-state index contributed by atoms with van der Waals surface area (Å²) in [5.41, 5.74) is 3.61. The second kappa shape index (κ2) is 14.2. The van der Waals surface area contributed by atoms with Crippen LogP contribution in [0.4, 0.5) is 13.2 Å². The minimum absolute atomic E-state index is 0. The lowest BCUT2D eigenvalue weighted by molar-refractivity contribution is -0.0922. The molecule has 3 aliphatic rings. The number of rotatable bonds is 7. The van der Waals surface area contributed by atoms with E-state index in [2.05, 4.69) is 11.0 Å². The van der Waals surface area contributed by atoms with Crippen LogP contribution in [0.1, 0.15) is 67.1 Å². The average molecular weight is 530 g/mol. The Balaban J connectivity index is 0.00000150. The van der Waals surface area contributed by atoms with Crippen molar-refractivity contribution in [3.05, 3.63) is 23.4 Å². The second-order valence-electron chi connectivity index (χ2n) is 11.0. The van der Waals surface area contributed by atoms with Gasteiger partial charge in [0.25, 0.3) is 0 Å². The van der Waals surface area contributed by atoms with Crippen LogP contribution in [0, 0.1) is 39.9 Å². The number of alkyl halides is 3. The zero-order valence-corrected chi connectivity index (χ0v) is 22.4. The average Bonchev–Trinajstić information content (AvgIpc) is 3.60. The van der Waals surface area contributed by atoms with E-state index in [4.69, 9.17) is 16.3 Å². The molecule has 1 unspecified atom stereocenters. The monoisotopic (exact) mass is 529 g/mol. The van der Waals surface area contributed by atoms with Gasteiger partial charge < -0.3 is 21.2 Å². The van der Waals surface area contributed by atoms with Crippen LogP contribution in [0.5, 0.6) is 0 Å². The normalized spacial score (nSPS) is 24.6. The maximum Gasteiger partial charge on any atom is 0.418 e. The number of hydrogen-bond acceptors (Lipinski definition) is 6. The van der Waals surface area contributed by atoms with Crippen molar-refractivity contribution in [2.45, 2.75) is 77.4 Å². The molecule has 0 aromatic rings. The van der Waals surface area contributed by atoms with Gasteiger partial charge in [0.2, 0.25) is 0 Å². The van der Waals surface area contributed by atoms with Gasteiger partial charge in [0.05, 0.1) is 23.1 Å². The van der Waals surface area contributed by atoms with E-state index in [1.165, 1.54) is 25.0 Å². The van der Waals surface area contributed by atoms with Gasteiger partial charge in [-0.15, -0.1) is 0 Å². The van der Waals surface area contributed by atoms with E-state index in [0.29, 0.717) is 24.9 Å². The fraction of sp³-hybridized carbons (Fsp3) is 0.778. The summed E-state index contributed by atoms with van der Waals surface area (Å²) in [7, 11) is 0. The van der Waals surface area contributed by atoms with Crippen molar-refractivity contribution in [1.82, 2.24) is 9.80 Å². The van der Waals surface area contributed by atoms with Crippen molar-refractivity contribution < 1.29 is 25.2 Å². The number of piperazine rings is 1. The molecule has 2 aliphatic carbocycles. The number of allylic oxidation sites excluding steroid dienone is 3. The Morgan fingerprint density at radius 1 is 1.11 bits per heavy atom. The first kappa shape index (κ1) is 32.9. The number of nitriles is 2. The summed E-state index contributed by atoms with van der Waals surface area (Å²) in [6.45, 7) is 8.63. The van der Waals surface area contributed by atoms with Gasteiger partial charge >= 0.3 is 6.18 Å². The van der Waals surface area contributed by atoms with E-state index >= 15 is 0 Å². The van der Waals surface area contributed by atoms with Crippen LogP contribution in [0.3, 0.4) is 0 Å². The number of aliphatic hydroxyl groups excluding tert-OH is 1. The molecule has 1 heterocycles. The lowest BCUT2D eigenvalue weighted by atomic mass is 9.79. The predicted octanol–water partition coefficient (Wildman–Crippen LogP) is 4.16. The van der Waals surface area contributed by atoms with Gasteiger partial charge in [-0.3, -0.25) is 4.90 Å². The van der Waals surface area contributed by atoms with E-state index in [-0.39, 0.29) is 25.6 Å². The van der Waals surface area contributed by atoms with Crippen molar-refractivity contribution in [3.63, 3.8) is 0 Å². The van der Waals surface area contributed by atoms with Crippen LogP contribution < -0.4 is 5.73 Å². The summed E-state index contributed by atoms with van der Waals surface area (Å²) in [6.07, 6.45) is 4.67. The molecular weight excluding hydrogens is 483 g/mol. The van der Waals surface area contributed by atoms with Gasteiger partial charge in [0, 0.05) is 46.5 Å². The lowest BCUT2D eigenvalue weighted by Gasteiger charge is -2.41. The maximum absolute atomic E-state index is 13.8. The zero-order chi connectivity index (χ0) is 27.0. The van der Waals surface area contributed by atoms with E-state index in [1.54, 1.807) is 20.8 Å². The molecule has 2 atom stereocenters. The van der Waals surface area contributed by atoms with E-state index in [1.807, 2.05) is 11.0 Å². The minimum atomic E-state index is -4.46. The van der Waals surface area contributed by atoms with E-state index in [0.717, 1.165) is 45.3 Å². The molecule has 0 bridgehead atoms. The SMILES string of the molecule is C/C=C(\C(=C/CC(C)(C)C#N)C(F)(F)F)N1CCN(C[C@@H]2CCCCC2CO)CC1.N#CC1(N)CC1.O.[HH]. The molecule has 37 heavy (non-hydrogen) atoms. The Labute approximate surface area is 221 Å². The molecule has 7 nitrogen and oxygen atoms in total. The lowest BCUT2D eigenvalue weighted by Crippen LogP contribution is -2.49. The molecule has 2 saturated carbocycles. The largest absolute Gasteiger partial charge is 0.418 e. The molecule has 1 saturated heterocycles. The van der Waals surface area contributed by atoms with Crippen LogP contribution >= 0.6 is 0 Å². The summed E-state index contributed by atoms with van der Waals surface area (Å²) < 4.78 is 41.4. The number of aliphatic hydroxyl groups is 1. The summed E-state index contributed by atoms with van der Waals surface area (Å²) in [5, 5.41) is 26.9. The molecule has 3 fully saturated rings. The summed E-state index contributed by atoms with van der Waals surface area (Å²) >= 11 is 0. The number of nitrogens with two attached hydrogens (primary N) is 1. The zero-order valence-electron chi connectivity index (χ0n) is 22.4. The maximum atomic E-state index is 13.8. The Kier molecular flexibility index (Phi) is 12.6. The van der Waals surface area contributed by atoms with Crippen LogP contribution in [0.2, 0.25) is 0 Å². The fourth-order valence-corrected chi connectivity index (χ4v) is 4.79. The van der Waals surface area contributed by atoms with Crippen LogP contribution in [-0.2, 0) is 0 Å². The highest BCUT2D eigenvalue weighted by molar-refractivity contribution is 5.34. The van der Waals surface area contributed by atoms with Gasteiger partial charge in [0.1, 0.15) is 5.54 Å². The smallest absolute Gasteiger partial charge is 0.412 e. The molecule has 0 amide bonds. The van der Waals surface area contributed by atoms with E-state index < -0.39 is 22.7 Å². The van der Waals surface area contributed by atoms with E-state index in [9.17, 15) is 18.3 Å². The highest BCUT2D eigenvalue weighted by Crippen LogP contribution is 2.36. The van der Waals surface area contributed by atoms with Crippen molar-refractivity contribution >= 4 is 0 Å². The Hall–Kier alpha value is -2.11. The molecule has 10 heteroatoms.